The minimum atomic E-state index is -3.69. The van der Waals surface area contributed by atoms with Gasteiger partial charge in [-0.1, -0.05) is 11.6 Å². The molecule has 0 bridgehead atoms. The van der Waals surface area contributed by atoms with Crippen molar-refractivity contribution < 1.29 is 31.2 Å². The molecule has 184 valence electrons. The van der Waals surface area contributed by atoms with Crippen LogP contribution in [0.3, 0.4) is 0 Å². The van der Waals surface area contributed by atoms with Gasteiger partial charge in [-0.15, -0.1) is 0 Å². The molecule has 0 radical (unpaired) electrons. The summed E-state index contributed by atoms with van der Waals surface area (Å²) in [5, 5.41) is 13.5. The molecule has 2 aromatic heterocycles. The number of nitrogens with zero attached hydrogens (tertiary/aromatic N) is 3. The number of fused-ring (bicyclic) bond motifs is 2. The molecule has 3 aliphatic rings. The molecule has 0 amide bonds. The van der Waals surface area contributed by atoms with Gasteiger partial charge in [0.05, 0.1) is 18.6 Å². The SMILES string of the molecule is CC1(C)O[C@@H]2[C@H](O1)[C@@H](COS(C)(=O)=O)O[C@H]2n1ccc2c(NC3CC(F)C3)c(C#N)c(Cl)nc21. The molecule has 4 atom stereocenters. The van der Waals surface area contributed by atoms with E-state index in [0.717, 1.165) is 6.26 Å². The van der Waals surface area contributed by atoms with Crippen LogP contribution in [0.5, 0.6) is 0 Å². The summed E-state index contributed by atoms with van der Waals surface area (Å²) >= 11 is 6.36. The van der Waals surface area contributed by atoms with Gasteiger partial charge in [-0.2, -0.15) is 13.7 Å². The highest BCUT2D eigenvalue weighted by atomic mass is 35.5. The van der Waals surface area contributed by atoms with Gasteiger partial charge in [-0.05, 0) is 32.8 Å². The first-order valence-corrected chi connectivity index (χ1v) is 13.0. The predicted octanol–water partition coefficient (Wildman–Crippen LogP) is 2.87. The van der Waals surface area contributed by atoms with Gasteiger partial charge in [-0.3, -0.25) is 4.18 Å². The van der Waals surface area contributed by atoms with Crippen molar-refractivity contribution >= 4 is 38.4 Å². The average Bonchev–Trinajstić information content (AvgIpc) is 3.35. The van der Waals surface area contributed by atoms with Crippen LogP contribution in [0, 0.1) is 11.3 Å². The molecule has 5 rings (SSSR count). The van der Waals surface area contributed by atoms with E-state index >= 15 is 0 Å². The lowest BCUT2D eigenvalue weighted by molar-refractivity contribution is -0.198. The summed E-state index contributed by atoms with van der Waals surface area (Å²) in [6.45, 7) is 3.29. The van der Waals surface area contributed by atoms with Gasteiger partial charge in [0.15, 0.2) is 17.2 Å². The van der Waals surface area contributed by atoms with Gasteiger partial charge in [0.1, 0.15) is 41.8 Å². The number of hydrogen-bond acceptors (Lipinski definition) is 9. The van der Waals surface area contributed by atoms with E-state index in [4.69, 9.17) is 30.0 Å². The lowest BCUT2D eigenvalue weighted by atomic mass is 9.90. The number of anilines is 1. The molecular formula is C21H24ClFN4O6S. The van der Waals surface area contributed by atoms with E-state index in [1.54, 1.807) is 30.7 Å². The second kappa shape index (κ2) is 8.29. The van der Waals surface area contributed by atoms with Crippen LogP contribution in [0.15, 0.2) is 12.3 Å². The fraction of sp³-hybridized carbons (Fsp3) is 0.619. The highest BCUT2D eigenvalue weighted by Crippen LogP contribution is 2.45. The summed E-state index contributed by atoms with van der Waals surface area (Å²) in [5.41, 5.74) is 1.10. The monoisotopic (exact) mass is 514 g/mol. The number of pyridine rings is 1. The van der Waals surface area contributed by atoms with E-state index in [0.29, 0.717) is 29.6 Å². The van der Waals surface area contributed by atoms with Gasteiger partial charge in [0.25, 0.3) is 10.1 Å². The van der Waals surface area contributed by atoms with Crippen molar-refractivity contribution in [3.63, 3.8) is 0 Å². The number of nitrogens with one attached hydrogen (secondary N) is 1. The van der Waals surface area contributed by atoms with E-state index in [2.05, 4.69) is 16.4 Å². The Balaban J connectivity index is 1.52. The number of rotatable bonds is 6. The normalized spacial score (nSPS) is 32.4. The molecule has 1 aliphatic carbocycles. The van der Waals surface area contributed by atoms with Crippen molar-refractivity contribution in [2.24, 2.45) is 0 Å². The molecule has 10 nitrogen and oxygen atoms in total. The van der Waals surface area contributed by atoms with Crippen LogP contribution in [0.25, 0.3) is 11.0 Å². The Morgan fingerprint density at radius 2 is 2.09 bits per heavy atom. The predicted molar refractivity (Wildman–Crippen MR) is 120 cm³/mol. The maximum Gasteiger partial charge on any atom is 0.264 e. The van der Waals surface area contributed by atoms with Crippen molar-refractivity contribution in [1.82, 2.24) is 9.55 Å². The Bertz CT molecular complexity index is 1270. The summed E-state index contributed by atoms with van der Waals surface area (Å²) in [4.78, 5) is 4.43. The van der Waals surface area contributed by atoms with Crippen molar-refractivity contribution in [3.8, 4) is 6.07 Å². The Morgan fingerprint density at radius 3 is 2.74 bits per heavy atom. The maximum atomic E-state index is 13.4. The average molecular weight is 515 g/mol. The van der Waals surface area contributed by atoms with E-state index in [9.17, 15) is 18.1 Å². The summed E-state index contributed by atoms with van der Waals surface area (Å²) in [6, 6.07) is 3.74. The van der Waals surface area contributed by atoms with E-state index in [1.165, 1.54) is 0 Å². The molecule has 2 aromatic rings. The van der Waals surface area contributed by atoms with Crippen LogP contribution in [-0.2, 0) is 28.5 Å². The van der Waals surface area contributed by atoms with Gasteiger partial charge in [0, 0.05) is 17.6 Å². The third-order valence-corrected chi connectivity index (χ3v) is 7.04. The van der Waals surface area contributed by atoms with Crippen LogP contribution < -0.4 is 5.32 Å². The van der Waals surface area contributed by atoms with Crippen molar-refractivity contribution in [2.75, 3.05) is 18.2 Å². The minimum Gasteiger partial charge on any atom is -0.380 e. The van der Waals surface area contributed by atoms with Crippen LogP contribution in [0.4, 0.5) is 10.1 Å². The highest BCUT2D eigenvalue weighted by molar-refractivity contribution is 7.85. The Labute approximate surface area is 201 Å². The fourth-order valence-electron chi connectivity index (χ4n) is 4.67. The number of hydrogen-bond donors (Lipinski definition) is 1. The largest absolute Gasteiger partial charge is 0.380 e. The van der Waals surface area contributed by atoms with E-state index in [1.807, 2.05) is 0 Å². The Kier molecular flexibility index (Phi) is 5.78. The third kappa shape index (κ3) is 4.25. The van der Waals surface area contributed by atoms with Crippen LogP contribution in [0.2, 0.25) is 5.15 Å². The number of ether oxygens (including phenoxy) is 3. The number of halogens is 2. The highest BCUT2D eigenvalue weighted by Gasteiger charge is 2.56. The molecule has 13 heteroatoms. The molecule has 2 saturated heterocycles. The molecule has 3 fully saturated rings. The van der Waals surface area contributed by atoms with Gasteiger partial charge in [-0.25, -0.2) is 9.37 Å². The van der Waals surface area contributed by atoms with Gasteiger partial charge < -0.3 is 24.1 Å². The van der Waals surface area contributed by atoms with E-state index < -0.39 is 46.6 Å². The van der Waals surface area contributed by atoms with Crippen molar-refractivity contribution in [3.05, 3.63) is 23.0 Å². The minimum absolute atomic E-state index is 0.00370. The molecule has 1 saturated carbocycles. The van der Waals surface area contributed by atoms with E-state index in [-0.39, 0.29) is 23.4 Å². The Hall–Kier alpha value is -2.01. The van der Waals surface area contributed by atoms with Crippen LogP contribution in [0.1, 0.15) is 38.5 Å². The molecule has 0 spiro atoms. The maximum absolute atomic E-state index is 13.4. The molecule has 4 heterocycles. The van der Waals surface area contributed by atoms with Crippen LogP contribution in [-0.4, -0.2) is 67.1 Å². The second-order valence-electron chi connectivity index (χ2n) is 9.25. The van der Waals surface area contributed by atoms with Gasteiger partial charge in [0.2, 0.25) is 0 Å². The Morgan fingerprint density at radius 1 is 1.38 bits per heavy atom. The number of aromatic nitrogens is 2. The standard InChI is InChI=1S/C21H24ClFN4O6S/c1-21(2)32-16-14(9-30-34(3,28)29)31-20(17(16)33-21)27-5-4-12-15(25-11-6-10(23)7-11)13(8-24)18(22)26-19(12)27/h4-5,10-11,14,16-17,20H,6-7,9H2,1-3H3,(H,25,26)/t10?,11?,14-,16-,17-,20-/m1/s1. The summed E-state index contributed by atoms with van der Waals surface area (Å²) in [6.07, 6.45) is -0.0596. The van der Waals surface area contributed by atoms with Crippen molar-refractivity contribution in [2.45, 2.75) is 69.2 Å². The molecule has 1 N–H and O–H groups in total. The topological polar surface area (TPSA) is 125 Å². The summed E-state index contributed by atoms with van der Waals surface area (Å²) in [7, 11) is -3.69. The summed E-state index contributed by atoms with van der Waals surface area (Å²) in [5.74, 6) is -0.914. The third-order valence-electron chi connectivity index (χ3n) is 6.20. The first-order chi connectivity index (χ1) is 16.0. The quantitative estimate of drug-likeness (QED) is 0.457. The fourth-order valence-corrected chi connectivity index (χ4v) is 5.27. The lowest BCUT2D eigenvalue weighted by Gasteiger charge is -2.31. The first-order valence-electron chi connectivity index (χ1n) is 10.8. The molecule has 0 unspecified atom stereocenters. The molecule has 0 aromatic carbocycles. The zero-order valence-electron chi connectivity index (χ0n) is 18.7. The first kappa shape index (κ1) is 23.7. The van der Waals surface area contributed by atoms with Gasteiger partial charge >= 0.3 is 0 Å². The summed E-state index contributed by atoms with van der Waals surface area (Å²) < 4.78 is 61.3. The number of alkyl halides is 1. The zero-order valence-corrected chi connectivity index (χ0v) is 20.3. The molecule has 34 heavy (non-hydrogen) atoms. The van der Waals surface area contributed by atoms with Crippen LogP contribution >= 0.6 is 11.6 Å². The molecule has 2 aliphatic heterocycles. The second-order valence-corrected chi connectivity index (χ2v) is 11.3. The number of nitriles is 1. The lowest BCUT2D eigenvalue weighted by Crippen LogP contribution is -2.36. The molecular weight excluding hydrogens is 491 g/mol. The smallest absolute Gasteiger partial charge is 0.264 e. The zero-order chi connectivity index (χ0) is 24.4. The van der Waals surface area contributed by atoms with Crippen molar-refractivity contribution in [1.29, 1.82) is 5.26 Å².